The fourth-order valence-corrected chi connectivity index (χ4v) is 2.87. The molecular weight excluding hydrogens is 250 g/mol. The fraction of sp³-hybridized carbons (Fsp3) is 0.438. The molecule has 0 amide bonds. The fourth-order valence-electron chi connectivity index (χ4n) is 2.87. The average molecular weight is 271 g/mol. The van der Waals surface area contributed by atoms with E-state index in [-0.39, 0.29) is 0 Å². The highest BCUT2D eigenvalue weighted by Crippen LogP contribution is 2.27. The molecule has 2 N–H and O–H groups in total. The van der Waals surface area contributed by atoms with E-state index >= 15 is 0 Å². The van der Waals surface area contributed by atoms with Gasteiger partial charge in [0.1, 0.15) is 17.3 Å². The van der Waals surface area contributed by atoms with E-state index in [1.165, 1.54) is 17.7 Å². The maximum atomic E-state index is 5.89. The number of nitrogens with two attached hydrogens (primary N) is 1. The van der Waals surface area contributed by atoms with Gasteiger partial charge in [0, 0.05) is 24.8 Å². The molecule has 4 heteroatoms. The van der Waals surface area contributed by atoms with Crippen molar-refractivity contribution in [3.63, 3.8) is 0 Å². The second-order valence-corrected chi connectivity index (χ2v) is 5.50. The summed E-state index contributed by atoms with van der Waals surface area (Å²) in [4.78, 5) is 6.96. The van der Waals surface area contributed by atoms with Gasteiger partial charge in [-0.15, -0.1) is 0 Å². The van der Waals surface area contributed by atoms with Crippen molar-refractivity contribution in [2.75, 3.05) is 11.9 Å². The molecule has 106 valence electrons. The lowest BCUT2D eigenvalue weighted by molar-refractivity contribution is 0.481. The second kappa shape index (κ2) is 5.29. The maximum absolute atomic E-state index is 5.89. The number of pyridine rings is 1. The van der Waals surface area contributed by atoms with Crippen molar-refractivity contribution in [1.82, 2.24) is 4.98 Å². The molecule has 2 heterocycles. The molecule has 0 atom stereocenters. The summed E-state index contributed by atoms with van der Waals surface area (Å²) >= 11 is 0. The zero-order valence-corrected chi connectivity index (χ0v) is 12.1. The lowest BCUT2D eigenvalue weighted by atomic mass is 10.1. The van der Waals surface area contributed by atoms with Crippen molar-refractivity contribution < 1.29 is 4.42 Å². The summed E-state index contributed by atoms with van der Waals surface area (Å²) in [6.45, 7) is 3.20. The summed E-state index contributed by atoms with van der Waals surface area (Å²) in [5.74, 6) is 2.88. The molecule has 3 rings (SSSR count). The third-order valence-corrected chi connectivity index (χ3v) is 3.88. The van der Waals surface area contributed by atoms with E-state index < -0.39 is 0 Å². The molecule has 20 heavy (non-hydrogen) atoms. The molecule has 0 saturated heterocycles. The van der Waals surface area contributed by atoms with Gasteiger partial charge < -0.3 is 15.1 Å². The average Bonchev–Trinajstić information content (AvgIpc) is 3.05. The van der Waals surface area contributed by atoms with Gasteiger partial charge in [-0.1, -0.05) is 0 Å². The summed E-state index contributed by atoms with van der Waals surface area (Å²) in [5.41, 5.74) is 9.62. The molecule has 4 nitrogen and oxygen atoms in total. The number of anilines is 1. The SMILES string of the molecule is Cc1ccc(CN(C)c2nc3c(cc2CN)CCC3)o1. The van der Waals surface area contributed by atoms with Gasteiger partial charge in [0.15, 0.2) is 0 Å². The molecule has 0 bridgehead atoms. The van der Waals surface area contributed by atoms with Crippen LogP contribution < -0.4 is 10.6 Å². The zero-order valence-electron chi connectivity index (χ0n) is 12.1. The van der Waals surface area contributed by atoms with Crippen LogP contribution in [0.1, 0.15) is 34.8 Å². The Balaban J connectivity index is 1.88. The molecule has 0 aromatic carbocycles. The molecular formula is C16H21N3O. The first-order valence-corrected chi connectivity index (χ1v) is 7.15. The van der Waals surface area contributed by atoms with Crippen LogP contribution in [-0.4, -0.2) is 12.0 Å². The topological polar surface area (TPSA) is 55.3 Å². The van der Waals surface area contributed by atoms with E-state index in [1.54, 1.807) is 0 Å². The summed E-state index contributed by atoms with van der Waals surface area (Å²) in [6, 6.07) is 6.24. The van der Waals surface area contributed by atoms with E-state index in [1.807, 2.05) is 26.1 Å². The maximum Gasteiger partial charge on any atom is 0.133 e. The normalized spacial score (nSPS) is 13.6. The van der Waals surface area contributed by atoms with Gasteiger partial charge in [0.25, 0.3) is 0 Å². The third-order valence-electron chi connectivity index (χ3n) is 3.88. The van der Waals surface area contributed by atoms with Crippen LogP contribution in [-0.2, 0) is 25.9 Å². The first-order chi connectivity index (χ1) is 9.67. The minimum absolute atomic E-state index is 0.525. The first kappa shape index (κ1) is 13.2. The van der Waals surface area contributed by atoms with E-state index in [0.29, 0.717) is 13.1 Å². The van der Waals surface area contributed by atoms with Gasteiger partial charge in [-0.25, -0.2) is 4.98 Å². The minimum Gasteiger partial charge on any atom is -0.464 e. The molecule has 1 aliphatic rings. The van der Waals surface area contributed by atoms with Gasteiger partial charge in [-0.3, -0.25) is 0 Å². The monoisotopic (exact) mass is 271 g/mol. The van der Waals surface area contributed by atoms with E-state index in [4.69, 9.17) is 15.1 Å². The van der Waals surface area contributed by atoms with Crippen molar-refractivity contribution in [2.24, 2.45) is 5.73 Å². The summed E-state index contributed by atoms with van der Waals surface area (Å²) in [6.07, 6.45) is 3.43. The van der Waals surface area contributed by atoms with E-state index in [0.717, 1.165) is 35.7 Å². The number of aromatic nitrogens is 1. The largest absolute Gasteiger partial charge is 0.464 e. The van der Waals surface area contributed by atoms with Gasteiger partial charge in [0.05, 0.1) is 6.54 Å². The van der Waals surface area contributed by atoms with Crippen LogP contribution in [0.25, 0.3) is 0 Å². The molecule has 0 spiro atoms. The molecule has 0 aliphatic heterocycles. The molecule has 1 aliphatic carbocycles. The highest BCUT2D eigenvalue weighted by Gasteiger charge is 2.18. The van der Waals surface area contributed by atoms with Crippen LogP contribution in [0.5, 0.6) is 0 Å². The summed E-state index contributed by atoms with van der Waals surface area (Å²) in [7, 11) is 2.04. The lowest BCUT2D eigenvalue weighted by Gasteiger charge is -2.21. The standard InChI is InChI=1S/C16H21N3O/c1-11-6-7-14(20-11)10-19(2)16-13(9-17)8-12-4-3-5-15(12)18-16/h6-8H,3-5,9-10,17H2,1-2H3. The highest BCUT2D eigenvalue weighted by molar-refractivity contribution is 5.50. The Morgan fingerprint density at radius 3 is 2.90 bits per heavy atom. The third kappa shape index (κ3) is 2.43. The van der Waals surface area contributed by atoms with Crippen molar-refractivity contribution >= 4 is 5.82 Å². The minimum atomic E-state index is 0.525. The molecule has 0 saturated carbocycles. The van der Waals surface area contributed by atoms with Crippen LogP contribution in [0.2, 0.25) is 0 Å². The van der Waals surface area contributed by atoms with Crippen LogP contribution in [0.4, 0.5) is 5.82 Å². The molecule has 0 fully saturated rings. The smallest absolute Gasteiger partial charge is 0.133 e. The summed E-state index contributed by atoms with van der Waals surface area (Å²) in [5, 5.41) is 0. The summed E-state index contributed by atoms with van der Waals surface area (Å²) < 4.78 is 5.64. The molecule has 2 aromatic heterocycles. The number of furan rings is 1. The number of fused-ring (bicyclic) bond motifs is 1. The van der Waals surface area contributed by atoms with Crippen molar-refractivity contribution in [1.29, 1.82) is 0 Å². The predicted octanol–water partition coefficient (Wildman–Crippen LogP) is 2.57. The van der Waals surface area contributed by atoms with Gasteiger partial charge in [-0.05, 0) is 49.9 Å². The quantitative estimate of drug-likeness (QED) is 0.928. The van der Waals surface area contributed by atoms with Gasteiger partial charge >= 0.3 is 0 Å². The van der Waals surface area contributed by atoms with Crippen molar-refractivity contribution in [3.8, 4) is 0 Å². The number of rotatable bonds is 4. The van der Waals surface area contributed by atoms with Crippen LogP contribution in [0.3, 0.4) is 0 Å². The predicted molar refractivity (Wildman–Crippen MR) is 79.7 cm³/mol. The molecule has 0 radical (unpaired) electrons. The first-order valence-electron chi connectivity index (χ1n) is 7.15. The van der Waals surface area contributed by atoms with Crippen LogP contribution in [0, 0.1) is 6.92 Å². The Kier molecular flexibility index (Phi) is 3.49. The Morgan fingerprint density at radius 1 is 1.35 bits per heavy atom. The molecule has 0 unspecified atom stereocenters. The number of aryl methyl sites for hydroxylation is 3. The van der Waals surface area contributed by atoms with Crippen molar-refractivity contribution in [3.05, 3.63) is 46.5 Å². The van der Waals surface area contributed by atoms with Gasteiger partial charge in [-0.2, -0.15) is 0 Å². The highest BCUT2D eigenvalue weighted by atomic mass is 16.3. The van der Waals surface area contributed by atoms with Crippen LogP contribution >= 0.6 is 0 Å². The van der Waals surface area contributed by atoms with Crippen LogP contribution in [0.15, 0.2) is 22.6 Å². The Labute approximate surface area is 119 Å². The Bertz CT molecular complexity index is 618. The number of hydrogen-bond acceptors (Lipinski definition) is 4. The lowest BCUT2D eigenvalue weighted by Crippen LogP contribution is -2.21. The van der Waals surface area contributed by atoms with E-state index in [9.17, 15) is 0 Å². The number of nitrogens with zero attached hydrogens (tertiary/aromatic N) is 2. The second-order valence-electron chi connectivity index (χ2n) is 5.50. The Hall–Kier alpha value is -1.81. The van der Waals surface area contributed by atoms with Gasteiger partial charge in [0.2, 0.25) is 0 Å². The van der Waals surface area contributed by atoms with Crippen molar-refractivity contribution in [2.45, 2.75) is 39.3 Å². The number of hydrogen-bond donors (Lipinski definition) is 1. The Morgan fingerprint density at radius 2 is 2.20 bits per heavy atom. The molecule has 2 aromatic rings. The van der Waals surface area contributed by atoms with E-state index in [2.05, 4.69) is 11.0 Å². The zero-order chi connectivity index (χ0) is 14.1.